The molecule has 0 saturated heterocycles. The molecule has 0 fully saturated rings. The summed E-state index contributed by atoms with van der Waals surface area (Å²) in [7, 11) is 11.0. The molecule has 0 aliphatic carbocycles. The van der Waals surface area contributed by atoms with Crippen molar-refractivity contribution in [2.24, 2.45) is 0 Å². The Balaban J connectivity index is 0.000000168. The minimum absolute atomic E-state index is 0.563. The van der Waals surface area contributed by atoms with Gasteiger partial charge in [0.2, 0.25) is 0 Å². The third kappa shape index (κ3) is 8.43. The van der Waals surface area contributed by atoms with E-state index in [4.69, 9.17) is 17.0 Å². The molecule has 250 valence electrons. The Labute approximate surface area is 319 Å². The van der Waals surface area contributed by atoms with E-state index < -0.39 is 20.8 Å². The van der Waals surface area contributed by atoms with E-state index in [9.17, 15) is 0 Å². The molecule has 0 unspecified atom stereocenters. The number of rotatable bonds is 3. The first-order valence-corrected chi connectivity index (χ1v) is 25.4. The summed E-state index contributed by atoms with van der Waals surface area (Å²) in [6, 6.07) is 48.7. The maximum absolute atomic E-state index is 4.93. The molecule has 8 rings (SSSR count). The predicted molar refractivity (Wildman–Crippen MR) is 222 cm³/mol. The molecule has 0 aliphatic heterocycles. The van der Waals surface area contributed by atoms with Crippen LogP contribution in [0.5, 0.6) is 0 Å². The summed E-state index contributed by atoms with van der Waals surface area (Å²) in [5, 5.41) is 10.7. The predicted octanol–water partition coefficient (Wildman–Crippen LogP) is 15.0. The van der Waals surface area contributed by atoms with Gasteiger partial charge in [0.05, 0.1) is 0 Å². The summed E-state index contributed by atoms with van der Waals surface area (Å²) in [5.41, 5.74) is 10.9. The SMILES string of the molecule is CC(C)c1cc2c(-c3cccc4ccccc34)cccc2[cH-]1.C[Si]C.Cc1cc2c(-c3cccc4ccccc34)c(C)cc(C)c2[cH-]1.[Cl][Zr+2][Cl]. The van der Waals surface area contributed by atoms with Gasteiger partial charge in [0.25, 0.3) is 0 Å². The van der Waals surface area contributed by atoms with Crippen molar-refractivity contribution in [3.8, 4) is 22.3 Å². The first-order chi connectivity index (χ1) is 24.2. The molecule has 50 heavy (non-hydrogen) atoms. The van der Waals surface area contributed by atoms with Gasteiger partial charge in [0.15, 0.2) is 0 Å². The van der Waals surface area contributed by atoms with Crippen LogP contribution in [-0.2, 0) is 20.8 Å². The van der Waals surface area contributed by atoms with Crippen molar-refractivity contribution in [2.45, 2.75) is 53.6 Å². The van der Waals surface area contributed by atoms with E-state index in [1.54, 1.807) is 0 Å². The van der Waals surface area contributed by atoms with Gasteiger partial charge in [-0.15, -0.1) is 62.5 Å². The standard InChI is InChI=1S/2C22H19.C2H6Si.2ClH.Zr/c1-14-11-20-15(2)13-16(3)22(21(20)12-14)19-10-6-8-17-7-4-5-9-18(17)19;1-15(2)18-13-17-9-6-12-21(22(17)14-18)20-11-5-8-16-7-3-4-10-19(16)20;1-3-2;;;/h4-13H,1-3H3;3-15H,1-2H3;1-2H3;2*1H;/q2*-1;;;;+4/p-2. The molecule has 0 aliphatic rings. The molecular formula is C46H44Cl2SiZr. The summed E-state index contributed by atoms with van der Waals surface area (Å²) < 4.78 is 0. The van der Waals surface area contributed by atoms with Gasteiger partial charge in [-0.05, 0) is 45.5 Å². The van der Waals surface area contributed by atoms with Crippen molar-refractivity contribution >= 4 is 69.6 Å². The van der Waals surface area contributed by atoms with Gasteiger partial charge in [-0.2, -0.15) is 12.1 Å². The quantitative estimate of drug-likeness (QED) is 0.124. The fourth-order valence-corrected chi connectivity index (χ4v) is 6.96. The summed E-state index contributed by atoms with van der Waals surface area (Å²) in [5.74, 6) is 0.563. The van der Waals surface area contributed by atoms with Crippen molar-refractivity contribution in [1.82, 2.24) is 0 Å². The fraction of sp³-hybridized carbons (Fsp3) is 0.174. The Kier molecular flexibility index (Phi) is 13.5. The van der Waals surface area contributed by atoms with Gasteiger partial charge in [0.1, 0.15) is 0 Å². The minimum atomic E-state index is -0.826. The van der Waals surface area contributed by atoms with E-state index in [1.807, 2.05) is 0 Å². The Morgan fingerprint density at radius 2 is 1.06 bits per heavy atom. The zero-order chi connectivity index (χ0) is 35.8. The van der Waals surface area contributed by atoms with Crippen LogP contribution in [0.1, 0.15) is 42.0 Å². The molecule has 0 amide bonds. The monoisotopic (exact) mass is 784 g/mol. The topological polar surface area (TPSA) is 0 Å². The molecule has 0 N–H and O–H groups in total. The average Bonchev–Trinajstić information content (AvgIpc) is 3.74. The number of hydrogen-bond acceptors (Lipinski definition) is 0. The van der Waals surface area contributed by atoms with Crippen molar-refractivity contribution in [1.29, 1.82) is 0 Å². The first kappa shape index (κ1) is 38.0. The van der Waals surface area contributed by atoms with Crippen LogP contribution in [0, 0.1) is 20.8 Å². The number of hydrogen-bond donors (Lipinski definition) is 0. The van der Waals surface area contributed by atoms with E-state index in [0.717, 1.165) is 9.52 Å². The zero-order valence-corrected chi connectivity index (χ0v) is 35.0. The molecule has 4 heteroatoms. The van der Waals surface area contributed by atoms with E-state index in [2.05, 4.69) is 181 Å². The molecule has 0 saturated carbocycles. The molecule has 0 nitrogen and oxygen atoms in total. The van der Waals surface area contributed by atoms with Gasteiger partial charge < -0.3 is 0 Å². The van der Waals surface area contributed by atoms with Crippen LogP contribution in [-0.4, -0.2) is 9.52 Å². The maximum atomic E-state index is 4.93. The fourth-order valence-electron chi connectivity index (χ4n) is 6.96. The van der Waals surface area contributed by atoms with Crippen LogP contribution >= 0.6 is 17.0 Å². The van der Waals surface area contributed by atoms with Crippen molar-refractivity contribution in [3.05, 3.63) is 156 Å². The molecule has 0 heterocycles. The second kappa shape index (κ2) is 17.8. The number of fused-ring (bicyclic) bond motifs is 4. The van der Waals surface area contributed by atoms with Crippen LogP contribution in [0.4, 0.5) is 0 Å². The van der Waals surface area contributed by atoms with Gasteiger partial charge in [0, 0.05) is 9.52 Å². The van der Waals surface area contributed by atoms with Crippen LogP contribution in [0.3, 0.4) is 0 Å². The Morgan fingerprint density at radius 1 is 0.560 bits per heavy atom. The molecule has 0 bridgehead atoms. The molecule has 0 atom stereocenters. The molecule has 8 aromatic rings. The van der Waals surface area contributed by atoms with Gasteiger partial charge in [-0.25, -0.2) is 0 Å². The normalized spacial score (nSPS) is 10.7. The van der Waals surface area contributed by atoms with E-state index in [1.165, 1.54) is 87.6 Å². The van der Waals surface area contributed by atoms with Gasteiger partial charge in [-0.3, -0.25) is 0 Å². The molecule has 0 spiro atoms. The second-order valence-corrected chi connectivity index (χ2v) is 17.9. The van der Waals surface area contributed by atoms with Crippen LogP contribution < -0.4 is 0 Å². The summed E-state index contributed by atoms with van der Waals surface area (Å²) >= 11 is -0.826. The number of aryl methyl sites for hydroxylation is 3. The Morgan fingerprint density at radius 3 is 1.66 bits per heavy atom. The zero-order valence-electron chi connectivity index (χ0n) is 30.0. The molecule has 2 radical (unpaired) electrons. The Bertz CT molecular complexity index is 2330. The Hall–Kier alpha value is -3.26. The van der Waals surface area contributed by atoms with Crippen LogP contribution in [0.15, 0.2) is 133 Å². The van der Waals surface area contributed by atoms with Crippen molar-refractivity contribution in [2.75, 3.05) is 0 Å². The van der Waals surface area contributed by atoms with E-state index in [0.29, 0.717) is 5.92 Å². The molecular weight excluding hydrogens is 743 g/mol. The second-order valence-electron chi connectivity index (χ2n) is 13.1. The summed E-state index contributed by atoms with van der Waals surface area (Å²) in [4.78, 5) is 0. The third-order valence-electron chi connectivity index (χ3n) is 9.13. The van der Waals surface area contributed by atoms with Crippen molar-refractivity contribution < 1.29 is 20.8 Å². The van der Waals surface area contributed by atoms with Gasteiger partial charge >= 0.3 is 37.9 Å². The number of halogens is 2. The van der Waals surface area contributed by atoms with Crippen LogP contribution in [0.2, 0.25) is 13.1 Å². The summed E-state index contributed by atoms with van der Waals surface area (Å²) in [6.45, 7) is 15.4. The van der Waals surface area contributed by atoms with Crippen LogP contribution in [0.25, 0.3) is 65.3 Å². The van der Waals surface area contributed by atoms with Crippen molar-refractivity contribution in [3.63, 3.8) is 0 Å². The third-order valence-corrected chi connectivity index (χ3v) is 9.13. The molecule has 0 aromatic heterocycles. The van der Waals surface area contributed by atoms with E-state index in [-0.39, 0.29) is 0 Å². The van der Waals surface area contributed by atoms with Gasteiger partial charge in [-0.1, -0.05) is 155 Å². The first-order valence-electron chi connectivity index (χ1n) is 17.1. The summed E-state index contributed by atoms with van der Waals surface area (Å²) in [6.07, 6.45) is 0. The number of benzene rings is 6. The van der Waals surface area contributed by atoms with E-state index >= 15 is 0 Å². The average molecular weight is 787 g/mol. The molecule has 8 aromatic carbocycles.